The Kier molecular flexibility index (Phi) is 8.75. The van der Waals surface area contributed by atoms with E-state index < -0.39 is 6.29 Å². The second-order valence-electron chi connectivity index (χ2n) is 3.43. The van der Waals surface area contributed by atoms with Gasteiger partial charge in [0.05, 0.1) is 13.5 Å². The molecule has 0 aliphatic carbocycles. The molecule has 0 aromatic heterocycles. The molecule has 5 nitrogen and oxygen atoms in total. The molecule has 16 heavy (non-hydrogen) atoms. The lowest BCUT2D eigenvalue weighted by atomic mass is 10.1. The highest BCUT2D eigenvalue weighted by molar-refractivity contribution is 5.78. The Hall–Kier alpha value is -0.940. The summed E-state index contributed by atoms with van der Waals surface area (Å²) in [5.74, 6) is -0.155. The van der Waals surface area contributed by atoms with Gasteiger partial charge in [-0.15, -0.1) is 0 Å². The molecule has 5 heteroatoms. The number of ether oxygens (including phenoxy) is 3. The number of unbranched alkanes of at least 4 members (excludes halogenated alkanes) is 1. The van der Waals surface area contributed by atoms with Gasteiger partial charge in [0, 0.05) is 27.1 Å². The Labute approximate surface area is 96.1 Å². The van der Waals surface area contributed by atoms with Gasteiger partial charge in [-0.1, -0.05) is 0 Å². The molecular weight excluding hydrogens is 212 g/mol. The zero-order chi connectivity index (χ0) is 12.4. The lowest BCUT2D eigenvalue weighted by Gasteiger charge is -2.11. The third-order valence-electron chi connectivity index (χ3n) is 2.23. The van der Waals surface area contributed by atoms with Crippen molar-refractivity contribution in [3.63, 3.8) is 0 Å². The van der Waals surface area contributed by atoms with Crippen molar-refractivity contribution < 1.29 is 23.8 Å². The Bertz CT molecular complexity index is 210. The molecule has 0 saturated heterocycles. The molecule has 0 radical (unpaired) electrons. The van der Waals surface area contributed by atoms with Crippen LogP contribution in [0.4, 0.5) is 0 Å². The van der Waals surface area contributed by atoms with Crippen LogP contribution in [0.1, 0.15) is 32.1 Å². The van der Waals surface area contributed by atoms with E-state index >= 15 is 0 Å². The van der Waals surface area contributed by atoms with E-state index in [1.165, 1.54) is 21.3 Å². The van der Waals surface area contributed by atoms with Crippen molar-refractivity contribution in [3.8, 4) is 0 Å². The van der Waals surface area contributed by atoms with Gasteiger partial charge in [0.25, 0.3) is 0 Å². The highest BCUT2D eigenvalue weighted by Gasteiger charge is 2.11. The maximum Gasteiger partial charge on any atom is 0.305 e. The van der Waals surface area contributed by atoms with Gasteiger partial charge in [-0.25, -0.2) is 0 Å². The van der Waals surface area contributed by atoms with Gasteiger partial charge in [0.15, 0.2) is 6.29 Å². The summed E-state index contributed by atoms with van der Waals surface area (Å²) in [5.41, 5.74) is 0. The molecule has 0 rings (SSSR count). The molecule has 0 bridgehead atoms. The predicted molar refractivity (Wildman–Crippen MR) is 57.9 cm³/mol. The molecule has 0 unspecified atom stereocenters. The number of methoxy groups -OCH3 is 3. The summed E-state index contributed by atoms with van der Waals surface area (Å²) in [6.45, 7) is 0. The van der Waals surface area contributed by atoms with E-state index in [-0.39, 0.29) is 18.2 Å². The standard InChI is InChI=1S/C11H20O5/c1-14-10(13)7-5-4-6-9(12)8-11(15-2)16-3/h11H,4-8H2,1-3H3. The first kappa shape index (κ1) is 15.1. The SMILES string of the molecule is COC(=O)CCCCC(=O)CC(OC)OC. The van der Waals surface area contributed by atoms with Crippen molar-refractivity contribution in [2.24, 2.45) is 0 Å². The first-order valence-electron chi connectivity index (χ1n) is 5.28. The number of hydrogen-bond donors (Lipinski definition) is 0. The molecule has 0 heterocycles. The number of carbonyl (C=O) groups is 2. The van der Waals surface area contributed by atoms with E-state index in [0.29, 0.717) is 25.7 Å². The van der Waals surface area contributed by atoms with E-state index in [4.69, 9.17) is 9.47 Å². The van der Waals surface area contributed by atoms with Gasteiger partial charge >= 0.3 is 5.97 Å². The molecule has 0 aromatic rings. The summed E-state index contributed by atoms with van der Waals surface area (Å²) in [5, 5.41) is 0. The molecule has 0 aliphatic heterocycles. The van der Waals surface area contributed by atoms with Crippen LogP contribution in [0, 0.1) is 0 Å². The average Bonchev–Trinajstić information content (AvgIpc) is 2.31. The summed E-state index contributed by atoms with van der Waals surface area (Å²) in [6.07, 6.45) is 1.96. The molecule has 0 amide bonds. The van der Waals surface area contributed by atoms with Crippen molar-refractivity contribution >= 4 is 11.8 Å². The summed E-state index contributed by atoms with van der Waals surface area (Å²) in [6, 6.07) is 0. The Balaban J connectivity index is 3.54. The Morgan fingerprint density at radius 2 is 1.56 bits per heavy atom. The van der Waals surface area contributed by atoms with E-state index in [0.717, 1.165) is 0 Å². The normalized spacial score (nSPS) is 10.5. The van der Waals surface area contributed by atoms with Crippen molar-refractivity contribution in [1.82, 2.24) is 0 Å². The third kappa shape index (κ3) is 7.36. The van der Waals surface area contributed by atoms with Crippen LogP contribution in [0.25, 0.3) is 0 Å². The van der Waals surface area contributed by atoms with Crippen LogP contribution in [0.5, 0.6) is 0 Å². The van der Waals surface area contributed by atoms with Gasteiger partial charge in [0.1, 0.15) is 5.78 Å². The second-order valence-corrected chi connectivity index (χ2v) is 3.43. The topological polar surface area (TPSA) is 61.8 Å². The van der Waals surface area contributed by atoms with Gasteiger partial charge in [-0.05, 0) is 12.8 Å². The molecule has 0 saturated carbocycles. The van der Waals surface area contributed by atoms with Crippen LogP contribution in [0.15, 0.2) is 0 Å². The zero-order valence-corrected chi connectivity index (χ0v) is 10.2. The molecule has 0 atom stereocenters. The number of Topliss-reactive ketones (excluding diaryl/α,β-unsaturated/α-hetero) is 1. The molecule has 0 aliphatic rings. The molecule has 94 valence electrons. The van der Waals surface area contributed by atoms with Crippen LogP contribution < -0.4 is 0 Å². The van der Waals surface area contributed by atoms with Gasteiger partial charge in [-0.2, -0.15) is 0 Å². The first-order valence-corrected chi connectivity index (χ1v) is 5.28. The fourth-order valence-corrected chi connectivity index (χ4v) is 1.24. The molecule has 0 fully saturated rings. The monoisotopic (exact) mass is 232 g/mol. The molecule has 0 spiro atoms. The van der Waals surface area contributed by atoms with Crippen LogP contribution in [-0.2, 0) is 23.8 Å². The van der Waals surface area contributed by atoms with E-state index in [2.05, 4.69) is 4.74 Å². The Morgan fingerprint density at radius 1 is 1.00 bits per heavy atom. The minimum atomic E-state index is -0.465. The molecular formula is C11H20O5. The highest BCUT2D eigenvalue weighted by atomic mass is 16.7. The quantitative estimate of drug-likeness (QED) is 0.340. The van der Waals surface area contributed by atoms with Crippen LogP contribution >= 0.6 is 0 Å². The maximum absolute atomic E-state index is 11.4. The van der Waals surface area contributed by atoms with E-state index in [1.54, 1.807) is 0 Å². The van der Waals surface area contributed by atoms with Gasteiger partial charge in [0.2, 0.25) is 0 Å². The minimum Gasteiger partial charge on any atom is -0.469 e. The van der Waals surface area contributed by atoms with E-state index in [1.807, 2.05) is 0 Å². The van der Waals surface area contributed by atoms with Crippen molar-refractivity contribution in [2.75, 3.05) is 21.3 Å². The highest BCUT2D eigenvalue weighted by Crippen LogP contribution is 2.06. The van der Waals surface area contributed by atoms with Crippen molar-refractivity contribution in [2.45, 2.75) is 38.4 Å². The van der Waals surface area contributed by atoms with Gasteiger partial charge < -0.3 is 14.2 Å². The van der Waals surface area contributed by atoms with Gasteiger partial charge in [-0.3, -0.25) is 9.59 Å². The number of ketones is 1. The number of rotatable bonds is 9. The van der Waals surface area contributed by atoms with Crippen molar-refractivity contribution in [1.29, 1.82) is 0 Å². The molecule has 0 N–H and O–H groups in total. The Morgan fingerprint density at radius 3 is 2.06 bits per heavy atom. The lowest BCUT2D eigenvalue weighted by Crippen LogP contribution is -2.17. The average molecular weight is 232 g/mol. The predicted octanol–water partition coefficient (Wildman–Crippen LogP) is 1.30. The number of hydrogen-bond acceptors (Lipinski definition) is 5. The van der Waals surface area contributed by atoms with Crippen molar-refractivity contribution in [3.05, 3.63) is 0 Å². The fraction of sp³-hybridized carbons (Fsp3) is 0.818. The zero-order valence-electron chi connectivity index (χ0n) is 10.2. The lowest BCUT2D eigenvalue weighted by molar-refractivity contribution is -0.141. The smallest absolute Gasteiger partial charge is 0.305 e. The largest absolute Gasteiger partial charge is 0.469 e. The second kappa shape index (κ2) is 9.30. The van der Waals surface area contributed by atoms with E-state index in [9.17, 15) is 9.59 Å². The fourth-order valence-electron chi connectivity index (χ4n) is 1.24. The number of esters is 1. The first-order chi connectivity index (χ1) is 7.63. The summed E-state index contributed by atoms with van der Waals surface area (Å²) < 4.78 is 14.3. The van der Waals surface area contributed by atoms with Crippen LogP contribution in [0.2, 0.25) is 0 Å². The summed E-state index contributed by atoms with van der Waals surface area (Å²) in [7, 11) is 4.35. The van der Waals surface area contributed by atoms with Crippen LogP contribution in [-0.4, -0.2) is 39.4 Å². The maximum atomic E-state index is 11.4. The summed E-state index contributed by atoms with van der Waals surface area (Å²) >= 11 is 0. The number of carbonyl (C=O) groups excluding carboxylic acids is 2. The molecule has 0 aromatic carbocycles. The van der Waals surface area contributed by atoms with Crippen LogP contribution in [0.3, 0.4) is 0 Å². The minimum absolute atomic E-state index is 0.0820. The summed E-state index contributed by atoms with van der Waals surface area (Å²) in [4.78, 5) is 22.2. The third-order valence-corrected chi connectivity index (χ3v) is 2.23.